The minimum atomic E-state index is 0.572. The van der Waals surface area contributed by atoms with Crippen molar-refractivity contribution in [2.24, 2.45) is 0 Å². The molecule has 1 aliphatic rings. The van der Waals surface area contributed by atoms with E-state index in [1.54, 1.807) is 6.20 Å². The molecule has 30 heavy (non-hydrogen) atoms. The molecule has 0 atom stereocenters. The first-order valence-corrected chi connectivity index (χ1v) is 10.1. The maximum atomic E-state index is 5.92. The predicted molar refractivity (Wildman–Crippen MR) is 119 cm³/mol. The van der Waals surface area contributed by atoms with Gasteiger partial charge >= 0.3 is 0 Å². The molecule has 1 aromatic heterocycles. The Morgan fingerprint density at radius 2 is 1.60 bits per heavy atom. The standard InChI is InChI=1S/C25H22N4O/c1-2-10-22(11-3-1)30-23-12-6-9-21(17-23)27-25-26-15-13-24(28-25)29-16-14-19-7-4-5-8-20(19)18-29/h1-13,15,17H,14,16,18H2,(H,26,27,28). The molecule has 0 spiro atoms. The second-order valence-electron chi connectivity index (χ2n) is 7.25. The van der Waals surface area contributed by atoms with Gasteiger partial charge in [-0.2, -0.15) is 4.98 Å². The maximum Gasteiger partial charge on any atom is 0.229 e. The topological polar surface area (TPSA) is 50.3 Å². The first kappa shape index (κ1) is 18.2. The van der Waals surface area contributed by atoms with E-state index in [1.807, 2.05) is 60.7 Å². The number of hydrogen-bond donors (Lipinski definition) is 1. The van der Waals surface area contributed by atoms with Crippen LogP contribution in [0.5, 0.6) is 11.5 Å². The first-order valence-electron chi connectivity index (χ1n) is 10.1. The smallest absolute Gasteiger partial charge is 0.229 e. The number of rotatable bonds is 5. The summed E-state index contributed by atoms with van der Waals surface area (Å²) in [5.74, 6) is 3.06. The van der Waals surface area contributed by atoms with Gasteiger partial charge in [-0.15, -0.1) is 0 Å². The van der Waals surface area contributed by atoms with Crippen molar-refractivity contribution in [2.45, 2.75) is 13.0 Å². The highest BCUT2D eigenvalue weighted by molar-refractivity contribution is 5.58. The van der Waals surface area contributed by atoms with Crippen LogP contribution in [-0.4, -0.2) is 16.5 Å². The number of para-hydroxylation sites is 1. The summed E-state index contributed by atoms with van der Waals surface area (Å²) in [6, 6.07) is 28.1. The van der Waals surface area contributed by atoms with Gasteiger partial charge in [-0.25, -0.2) is 4.98 Å². The van der Waals surface area contributed by atoms with Crippen LogP contribution >= 0.6 is 0 Å². The SMILES string of the molecule is c1ccc(Oc2cccc(Nc3nccc(N4CCc5ccccc5C4)n3)c2)cc1. The zero-order valence-electron chi connectivity index (χ0n) is 16.5. The molecule has 5 heteroatoms. The van der Waals surface area contributed by atoms with Crippen molar-refractivity contribution in [3.8, 4) is 11.5 Å². The number of aromatic nitrogens is 2. The van der Waals surface area contributed by atoms with Gasteiger partial charge in [0.25, 0.3) is 0 Å². The molecule has 4 aromatic rings. The lowest BCUT2D eigenvalue weighted by molar-refractivity contribution is 0.483. The van der Waals surface area contributed by atoms with Gasteiger partial charge < -0.3 is 15.0 Å². The number of nitrogens with one attached hydrogen (secondary N) is 1. The largest absolute Gasteiger partial charge is 0.457 e. The average Bonchev–Trinajstić information content (AvgIpc) is 2.80. The lowest BCUT2D eigenvalue weighted by Gasteiger charge is -2.29. The summed E-state index contributed by atoms with van der Waals surface area (Å²) in [4.78, 5) is 11.4. The maximum absolute atomic E-state index is 5.92. The van der Waals surface area contributed by atoms with Crippen molar-refractivity contribution >= 4 is 17.5 Å². The number of benzene rings is 3. The van der Waals surface area contributed by atoms with Crippen molar-refractivity contribution in [1.29, 1.82) is 0 Å². The van der Waals surface area contributed by atoms with E-state index in [0.29, 0.717) is 5.95 Å². The third kappa shape index (κ3) is 4.10. The Morgan fingerprint density at radius 3 is 2.50 bits per heavy atom. The van der Waals surface area contributed by atoms with Gasteiger partial charge in [0.2, 0.25) is 5.95 Å². The highest BCUT2D eigenvalue weighted by atomic mass is 16.5. The zero-order valence-corrected chi connectivity index (χ0v) is 16.5. The van der Waals surface area contributed by atoms with Crippen LogP contribution in [-0.2, 0) is 13.0 Å². The van der Waals surface area contributed by atoms with Crippen LogP contribution in [0, 0.1) is 0 Å². The van der Waals surface area contributed by atoms with Gasteiger partial charge in [0.1, 0.15) is 17.3 Å². The summed E-state index contributed by atoms with van der Waals surface area (Å²) in [6.45, 7) is 1.82. The molecule has 0 aliphatic carbocycles. The van der Waals surface area contributed by atoms with E-state index in [0.717, 1.165) is 42.5 Å². The molecule has 0 amide bonds. The highest BCUT2D eigenvalue weighted by Crippen LogP contribution is 2.26. The monoisotopic (exact) mass is 394 g/mol. The van der Waals surface area contributed by atoms with E-state index in [-0.39, 0.29) is 0 Å². The second-order valence-corrected chi connectivity index (χ2v) is 7.25. The van der Waals surface area contributed by atoms with Gasteiger partial charge in [0.05, 0.1) is 0 Å². The fraction of sp³-hybridized carbons (Fsp3) is 0.120. The summed E-state index contributed by atoms with van der Waals surface area (Å²) in [7, 11) is 0. The summed E-state index contributed by atoms with van der Waals surface area (Å²) >= 11 is 0. The van der Waals surface area contributed by atoms with E-state index in [2.05, 4.69) is 39.5 Å². The molecule has 2 heterocycles. The fourth-order valence-corrected chi connectivity index (χ4v) is 3.67. The molecule has 5 nitrogen and oxygen atoms in total. The van der Waals surface area contributed by atoms with Crippen molar-refractivity contribution in [1.82, 2.24) is 9.97 Å². The molecule has 3 aromatic carbocycles. The molecule has 1 aliphatic heterocycles. The quantitative estimate of drug-likeness (QED) is 0.479. The minimum absolute atomic E-state index is 0.572. The number of anilines is 3. The molecule has 0 fully saturated rings. The van der Waals surface area contributed by atoms with Gasteiger partial charge in [-0.05, 0) is 47.9 Å². The molecule has 0 saturated heterocycles. The lowest BCUT2D eigenvalue weighted by atomic mass is 10.00. The van der Waals surface area contributed by atoms with E-state index >= 15 is 0 Å². The van der Waals surface area contributed by atoms with Crippen LogP contribution in [0.2, 0.25) is 0 Å². The lowest BCUT2D eigenvalue weighted by Crippen LogP contribution is -2.31. The third-order valence-corrected chi connectivity index (χ3v) is 5.16. The Morgan fingerprint density at radius 1 is 0.800 bits per heavy atom. The number of hydrogen-bond acceptors (Lipinski definition) is 5. The summed E-state index contributed by atoms with van der Waals surface area (Å²) in [5.41, 5.74) is 3.67. The minimum Gasteiger partial charge on any atom is -0.457 e. The molecule has 0 bridgehead atoms. The Balaban J connectivity index is 1.31. The third-order valence-electron chi connectivity index (χ3n) is 5.16. The molecule has 0 unspecified atom stereocenters. The van der Waals surface area contributed by atoms with Crippen molar-refractivity contribution < 1.29 is 4.74 Å². The van der Waals surface area contributed by atoms with Gasteiger partial charge in [-0.1, -0.05) is 48.5 Å². The molecule has 0 radical (unpaired) electrons. The molecule has 148 valence electrons. The molecule has 1 N–H and O–H groups in total. The normalized spacial score (nSPS) is 12.9. The van der Waals surface area contributed by atoms with Crippen LogP contribution < -0.4 is 15.0 Å². The highest BCUT2D eigenvalue weighted by Gasteiger charge is 2.17. The Hall–Kier alpha value is -3.86. The second kappa shape index (κ2) is 8.25. The fourth-order valence-electron chi connectivity index (χ4n) is 3.67. The van der Waals surface area contributed by atoms with Crippen LogP contribution in [0.3, 0.4) is 0 Å². The van der Waals surface area contributed by atoms with Gasteiger partial charge in [0.15, 0.2) is 0 Å². The summed E-state index contributed by atoms with van der Waals surface area (Å²) in [5, 5.41) is 3.30. The van der Waals surface area contributed by atoms with Crippen LogP contribution in [0.4, 0.5) is 17.5 Å². The van der Waals surface area contributed by atoms with E-state index in [1.165, 1.54) is 11.1 Å². The Bertz CT molecular complexity index is 1150. The van der Waals surface area contributed by atoms with E-state index in [4.69, 9.17) is 9.72 Å². The Kier molecular flexibility index (Phi) is 5.00. The molecule has 5 rings (SSSR count). The van der Waals surface area contributed by atoms with Crippen LogP contribution in [0.15, 0.2) is 91.1 Å². The van der Waals surface area contributed by atoms with E-state index in [9.17, 15) is 0 Å². The van der Waals surface area contributed by atoms with Crippen LogP contribution in [0.25, 0.3) is 0 Å². The Labute approximate surface area is 176 Å². The number of nitrogens with zero attached hydrogens (tertiary/aromatic N) is 3. The number of fused-ring (bicyclic) bond motifs is 1. The first-order chi connectivity index (χ1) is 14.8. The van der Waals surface area contributed by atoms with Crippen LogP contribution in [0.1, 0.15) is 11.1 Å². The number of ether oxygens (including phenoxy) is 1. The molecular weight excluding hydrogens is 372 g/mol. The average molecular weight is 394 g/mol. The molecular formula is C25H22N4O. The van der Waals surface area contributed by atoms with Crippen molar-refractivity contribution in [2.75, 3.05) is 16.8 Å². The predicted octanol–water partition coefficient (Wildman–Crippen LogP) is 5.58. The summed E-state index contributed by atoms with van der Waals surface area (Å²) < 4.78 is 5.92. The molecule has 0 saturated carbocycles. The zero-order chi connectivity index (χ0) is 20.2. The van der Waals surface area contributed by atoms with Gasteiger partial charge in [-0.3, -0.25) is 0 Å². The van der Waals surface area contributed by atoms with Crippen molar-refractivity contribution in [3.05, 3.63) is 102 Å². The summed E-state index contributed by atoms with van der Waals surface area (Å²) in [6.07, 6.45) is 2.83. The van der Waals surface area contributed by atoms with Gasteiger partial charge in [0, 0.05) is 31.0 Å². The van der Waals surface area contributed by atoms with E-state index < -0.39 is 0 Å². The van der Waals surface area contributed by atoms with Crippen molar-refractivity contribution in [3.63, 3.8) is 0 Å².